The van der Waals surface area contributed by atoms with Gasteiger partial charge in [0.2, 0.25) is 0 Å². The normalized spacial score (nSPS) is 10.8. The van der Waals surface area contributed by atoms with Gasteiger partial charge in [0.15, 0.2) is 0 Å². The largest absolute Gasteiger partial charge is 0.496 e. The Morgan fingerprint density at radius 2 is 1.96 bits per heavy atom. The molecule has 0 heterocycles. The molecule has 0 aliphatic heterocycles. The van der Waals surface area contributed by atoms with Crippen molar-refractivity contribution in [2.45, 2.75) is 20.3 Å². The molecule has 5 heteroatoms. The molecule has 0 saturated heterocycles. The molecule has 0 aromatic heterocycles. The standard InChI is InChI=1S/C21H23N3O2/c1-15-7-6-9-19(16(15)2)24-21(25)18(13-22)14-23-12-11-17-8-4-5-10-20(17)26-3/h4-10,14,23H,11-12H2,1-3H3,(H,24,25)/b18-14-. The molecule has 0 atom stereocenters. The maximum absolute atomic E-state index is 12.3. The fraction of sp³-hybridized carbons (Fsp3) is 0.238. The number of rotatable bonds is 7. The summed E-state index contributed by atoms with van der Waals surface area (Å²) in [5.41, 5.74) is 3.88. The zero-order valence-corrected chi connectivity index (χ0v) is 15.3. The highest BCUT2D eigenvalue weighted by Gasteiger charge is 2.11. The molecule has 0 spiro atoms. The summed E-state index contributed by atoms with van der Waals surface area (Å²) in [6.45, 7) is 4.50. The highest BCUT2D eigenvalue weighted by atomic mass is 16.5. The topological polar surface area (TPSA) is 74.1 Å². The van der Waals surface area contributed by atoms with Crippen LogP contribution >= 0.6 is 0 Å². The molecule has 2 aromatic carbocycles. The molecule has 2 N–H and O–H groups in total. The van der Waals surface area contributed by atoms with Crippen LogP contribution in [0.15, 0.2) is 54.2 Å². The van der Waals surface area contributed by atoms with Crippen molar-refractivity contribution in [2.75, 3.05) is 19.0 Å². The van der Waals surface area contributed by atoms with Gasteiger partial charge in [0, 0.05) is 18.4 Å². The van der Waals surface area contributed by atoms with E-state index < -0.39 is 5.91 Å². The summed E-state index contributed by atoms with van der Waals surface area (Å²) in [4.78, 5) is 12.3. The fourth-order valence-electron chi connectivity index (χ4n) is 2.52. The Hall–Kier alpha value is -3.26. The number of hydrogen-bond donors (Lipinski definition) is 2. The molecule has 134 valence electrons. The zero-order chi connectivity index (χ0) is 18.9. The Morgan fingerprint density at radius 3 is 2.69 bits per heavy atom. The fourth-order valence-corrected chi connectivity index (χ4v) is 2.52. The van der Waals surface area contributed by atoms with Crippen LogP contribution in [0.5, 0.6) is 5.75 Å². The highest BCUT2D eigenvalue weighted by molar-refractivity contribution is 6.06. The molecule has 0 unspecified atom stereocenters. The lowest BCUT2D eigenvalue weighted by atomic mass is 10.1. The first-order chi connectivity index (χ1) is 12.6. The molecule has 0 aliphatic rings. The van der Waals surface area contributed by atoms with Gasteiger partial charge >= 0.3 is 0 Å². The van der Waals surface area contributed by atoms with E-state index in [1.165, 1.54) is 6.20 Å². The summed E-state index contributed by atoms with van der Waals surface area (Å²) in [7, 11) is 1.64. The molecule has 26 heavy (non-hydrogen) atoms. The van der Waals surface area contributed by atoms with Gasteiger partial charge < -0.3 is 15.4 Å². The number of methoxy groups -OCH3 is 1. The van der Waals surface area contributed by atoms with E-state index in [9.17, 15) is 10.1 Å². The summed E-state index contributed by atoms with van der Waals surface area (Å²) >= 11 is 0. The van der Waals surface area contributed by atoms with Gasteiger partial charge in [-0.25, -0.2) is 0 Å². The number of anilines is 1. The third-order valence-corrected chi connectivity index (χ3v) is 4.20. The molecule has 0 saturated carbocycles. The van der Waals surface area contributed by atoms with Crippen LogP contribution in [0.3, 0.4) is 0 Å². The van der Waals surface area contributed by atoms with E-state index >= 15 is 0 Å². The first kappa shape index (κ1) is 19.1. The van der Waals surface area contributed by atoms with E-state index in [0.29, 0.717) is 12.2 Å². The maximum atomic E-state index is 12.3. The van der Waals surface area contributed by atoms with Crippen LogP contribution in [-0.2, 0) is 11.2 Å². The second-order valence-electron chi connectivity index (χ2n) is 5.89. The van der Waals surface area contributed by atoms with E-state index in [1.807, 2.05) is 62.4 Å². The van der Waals surface area contributed by atoms with Gasteiger partial charge in [-0.1, -0.05) is 30.3 Å². The van der Waals surface area contributed by atoms with Crippen molar-refractivity contribution in [3.05, 3.63) is 70.9 Å². The Balaban J connectivity index is 1.96. The molecule has 0 bridgehead atoms. The molecule has 2 aromatic rings. The lowest BCUT2D eigenvalue weighted by molar-refractivity contribution is -0.112. The average molecular weight is 349 g/mol. The van der Waals surface area contributed by atoms with Gasteiger partial charge in [-0.15, -0.1) is 0 Å². The second kappa shape index (κ2) is 9.28. The van der Waals surface area contributed by atoms with Crippen LogP contribution < -0.4 is 15.4 Å². The van der Waals surface area contributed by atoms with Gasteiger partial charge in [0.1, 0.15) is 17.4 Å². The van der Waals surface area contributed by atoms with Crippen LogP contribution in [0.1, 0.15) is 16.7 Å². The Kier molecular flexibility index (Phi) is 6.81. The van der Waals surface area contributed by atoms with Gasteiger partial charge in [-0.3, -0.25) is 4.79 Å². The van der Waals surface area contributed by atoms with Crippen LogP contribution in [0.4, 0.5) is 5.69 Å². The Morgan fingerprint density at radius 1 is 1.19 bits per heavy atom. The van der Waals surface area contributed by atoms with Crippen molar-refractivity contribution < 1.29 is 9.53 Å². The summed E-state index contributed by atoms with van der Waals surface area (Å²) in [5, 5.41) is 15.1. The minimum Gasteiger partial charge on any atom is -0.496 e. The number of aryl methyl sites for hydroxylation is 1. The zero-order valence-electron chi connectivity index (χ0n) is 15.3. The molecular weight excluding hydrogens is 326 g/mol. The maximum Gasteiger partial charge on any atom is 0.267 e. The monoisotopic (exact) mass is 349 g/mol. The average Bonchev–Trinajstić information content (AvgIpc) is 2.65. The first-order valence-electron chi connectivity index (χ1n) is 8.40. The number of carbonyl (C=O) groups is 1. The lowest BCUT2D eigenvalue weighted by Gasteiger charge is -2.10. The van der Waals surface area contributed by atoms with E-state index in [-0.39, 0.29) is 5.57 Å². The smallest absolute Gasteiger partial charge is 0.267 e. The van der Waals surface area contributed by atoms with Crippen LogP contribution in [0.25, 0.3) is 0 Å². The summed E-state index contributed by atoms with van der Waals surface area (Å²) in [6, 6.07) is 15.4. The first-order valence-corrected chi connectivity index (χ1v) is 8.40. The number of carbonyl (C=O) groups excluding carboxylic acids is 1. The molecule has 0 radical (unpaired) electrons. The predicted molar refractivity (Wildman–Crippen MR) is 103 cm³/mol. The summed E-state index contributed by atoms with van der Waals surface area (Å²) in [6.07, 6.45) is 2.17. The number of amides is 1. The van der Waals surface area contributed by atoms with Crippen LogP contribution in [-0.4, -0.2) is 19.6 Å². The van der Waals surface area contributed by atoms with Gasteiger partial charge in [0.25, 0.3) is 5.91 Å². The van der Waals surface area contributed by atoms with Gasteiger partial charge in [-0.05, 0) is 49.1 Å². The third kappa shape index (κ3) is 4.87. The third-order valence-electron chi connectivity index (χ3n) is 4.20. The number of nitrogens with one attached hydrogen (secondary N) is 2. The van der Waals surface area contributed by atoms with Crippen molar-refractivity contribution >= 4 is 11.6 Å². The number of ether oxygens (including phenoxy) is 1. The van der Waals surface area contributed by atoms with Gasteiger partial charge in [-0.2, -0.15) is 5.26 Å². The molecule has 2 rings (SSSR count). The molecule has 5 nitrogen and oxygen atoms in total. The number of para-hydroxylation sites is 1. The molecule has 1 amide bonds. The van der Waals surface area contributed by atoms with Crippen molar-refractivity contribution in [1.82, 2.24) is 5.32 Å². The molecular formula is C21H23N3O2. The highest BCUT2D eigenvalue weighted by Crippen LogP contribution is 2.19. The van der Waals surface area contributed by atoms with Gasteiger partial charge in [0.05, 0.1) is 7.11 Å². The second-order valence-corrected chi connectivity index (χ2v) is 5.89. The summed E-state index contributed by atoms with van der Waals surface area (Å²) in [5.74, 6) is 0.400. The van der Waals surface area contributed by atoms with Crippen molar-refractivity contribution in [1.29, 1.82) is 5.26 Å². The van der Waals surface area contributed by atoms with E-state index in [2.05, 4.69) is 10.6 Å². The number of hydrogen-bond acceptors (Lipinski definition) is 4. The number of nitriles is 1. The SMILES string of the molecule is COc1ccccc1CCN/C=C(/C#N)C(=O)Nc1cccc(C)c1C. The van der Waals surface area contributed by atoms with Crippen LogP contribution in [0, 0.1) is 25.2 Å². The number of benzene rings is 2. The predicted octanol–water partition coefficient (Wildman–Crippen LogP) is 3.49. The van der Waals surface area contributed by atoms with E-state index in [4.69, 9.17) is 4.74 Å². The minimum absolute atomic E-state index is 0.0333. The number of nitrogens with zero attached hydrogens (tertiary/aromatic N) is 1. The van der Waals surface area contributed by atoms with E-state index in [0.717, 1.165) is 28.9 Å². The van der Waals surface area contributed by atoms with E-state index in [1.54, 1.807) is 7.11 Å². The lowest BCUT2D eigenvalue weighted by Crippen LogP contribution is -2.18. The molecule has 0 fully saturated rings. The Labute approximate surface area is 154 Å². The van der Waals surface area contributed by atoms with Crippen molar-refractivity contribution in [2.24, 2.45) is 0 Å². The molecule has 0 aliphatic carbocycles. The Bertz CT molecular complexity index is 851. The van der Waals surface area contributed by atoms with Crippen molar-refractivity contribution in [3.8, 4) is 11.8 Å². The summed E-state index contributed by atoms with van der Waals surface area (Å²) < 4.78 is 5.31. The van der Waals surface area contributed by atoms with Crippen molar-refractivity contribution in [3.63, 3.8) is 0 Å². The quantitative estimate of drug-likeness (QED) is 0.456. The van der Waals surface area contributed by atoms with Crippen LogP contribution in [0.2, 0.25) is 0 Å². The minimum atomic E-state index is -0.425.